The van der Waals surface area contributed by atoms with Gasteiger partial charge in [-0.2, -0.15) is 15.0 Å². The van der Waals surface area contributed by atoms with Gasteiger partial charge < -0.3 is 20.5 Å². The molecule has 162 valence electrons. The second-order valence-corrected chi connectivity index (χ2v) is 7.42. The van der Waals surface area contributed by atoms with E-state index in [2.05, 4.69) is 27.4 Å². The van der Waals surface area contributed by atoms with Gasteiger partial charge in [0.2, 0.25) is 11.8 Å². The maximum Gasteiger partial charge on any atom is 0.304 e. The predicted octanol–water partition coefficient (Wildman–Crippen LogP) is 2.86. The number of nitrogens with one attached hydrogen (secondary N) is 1. The summed E-state index contributed by atoms with van der Waals surface area (Å²) >= 11 is 0. The number of nitrogens with two attached hydrogens (primary N) is 1. The molecule has 0 aliphatic carbocycles. The van der Waals surface area contributed by atoms with Crippen molar-refractivity contribution in [2.24, 2.45) is 5.73 Å². The van der Waals surface area contributed by atoms with Gasteiger partial charge in [0.1, 0.15) is 11.3 Å². The van der Waals surface area contributed by atoms with Gasteiger partial charge in [-0.1, -0.05) is 36.4 Å². The molecule has 0 bridgehead atoms. The quantitative estimate of drug-likeness (QED) is 0.483. The number of para-hydroxylation sites is 1. The first-order valence-corrected chi connectivity index (χ1v) is 10.3. The van der Waals surface area contributed by atoms with Crippen molar-refractivity contribution >= 4 is 22.8 Å². The van der Waals surface area contributed by atoms with Crippen LogP contribution in [0.1, 0.15) is 27.9 Å². The molecule has 1 aliphatic rings. The van der Waals surface area contributed by atoms with Crippen molar-refractivity contribution in [1.82, 2.24) is 19.5 Å². The van der Waals surface area contributed by atoms with Crippen molar-refractivity contribution in [3.05, 3.63) is 65.2 Å². The Hall–Kier alpha value is -4.14. The topological polar surface area (TPSA) is 117 Å². The number of hydrogen-bond donors (Lipinski definition) is 2. The van der Waals surface area contributed by atoms with Gasteiger partial charge in [-0.15, -0.1) is 0 Å². The summed E-state index contributed by atoms with van der Waals surface area (Å²) in [5.74, 6) is 1.00. The van der Waals surface area contributed by atoms with Crippen LogP contribution in [-0.2, 0) is 13.0 Å². The van der Waals surface area contributed by atoms with Crippen LogP contribution in [0.3, 0.4) is 0 Å². The number of primary amides is 1. The molecule has 0 spiro atoms. The monoisotopic (exact) mass is 430 g/mol. The lowest BCUT2D eigenvalue weighted by molar-refractivity contribution is 0.100. The van der Waals surface area contributed by atoms with Gasteiger partial charge in [-0.3, -0.25) is 4.79 Å². The minimum absolute atomic E-state index is 0.249. The Morgan fingerprint density at radius 2 is 2.00 bits per heavy atom. The number of aromatic nitrogens is 4. The highest BCUT2D eigenvalue weighted by atomic mass is 16.5. The summed E-state index contributed by atoms with van der Waals surface area (Å²) in [5, 5.41) is 3.43. The van der Waals surface area contributed by atoms with Crippen LogP contribution in [-0.4, -0.2) is 39.1 Å². The molecule has 1 aliphatic heterocycles. The number of imidazole rings is 1. The van der Waals surface area contributed by atoms with E-state index < -0.39 is 5.91 Å². The van der Waals surface area contributed by atoms with Crippen molar-refractivity contribution in [2.45, 2.75) is 19.4 Å². The summed E-state index contributed by atoms with van der Waals surface area (Å²) in [6, 6.07) is 15.5. The van der Waals surface area contributed by atoms with Crippen molar-refractivity contribution < 1.29 is 14.3 Å². The van der Waals surface area contributed by atoms with Crippen molar-refractivity contribution in [3.63, 3.8) is 0 Å². The third kappa shape index (κ3) is 3.47. The number of methoxy groups -OCH3 is 1. The zero-order chi connectivity index (χ0) is 22.1. The molecule has 9 heteroatoms. The lowest BCUT2D eigenvalue weighted by atomic mass is 10.1. The van der Waals surface area contributed by atoms with Gasteiger partial charge >= 0.3 is 6.01 Å². The first kappa shape index (κ1) is 19.8. The number of fused-ring (bicyclic) bond motifs is 2. The number of nitrogens with zero attached hydrogens (tertiary/aromatic N) is 4. The molecule has 0 radical (unpaired) electrons. The summed E-state index contributed by atoms with van der Waals surface area (Å²) in [4.78, 5) is 25.8. The normalized spacial score (nSPS) is 12.8. The first-order chi connectivity index (χ1) is 15.7. The maximum absolute atomic E-state index is 11.9. The zero-order valence-electron chi connectivity index (χ0n) is 17.5. The van der Waals surface area contributed by atoms with Gasteiger partial charge in [0.15, 0.2) is 0 Å². The van der Waals surface area contributed by atoms with E-state index in [9.17, 15) is 4.79 Å². The molecule has 0 saturated carbocycles. The Balaban J connectivity index is 1.64. The second kappa shape index (κ2) is 8.18. The first-order valence-electron chi connectivity index (χ1n) is 10.3. The van der Waals surface area contributed by atoms with Crippen LogP contribution in [0.5, 0.6) is 11.9 Å². The fourth-order valence-corrected chi connectivity index (χ4v) is 3.85. The average molecular weight is 430 g/mol. The molecular formula is C23H22N6O3. The minimum Gasteiger partial charge on any atom is -0.477 e. The summed E-state index contributed by atoms with van der Waals surface area (Å²) in [7, 11) is 1.51. The number of benzene rings is 2. The van der Waals surface area contributed by atoms with Crippen molar-refractivity contribution in [2.75, 3.05) is 19.0 Å². The Morgan fingerprint density at radius 1 is 1.16 bits per heavy atom. The SMILES string of the molecule is COc1nc2c(C(N)=O)cccc2n1-c1nc(NCc2ccccc2)c2c(n1)OCCC2. The number of rotatable bonds is 6. The van der Waals surface area contributed by atoms with Gasteiger partial charge in [0, 0.05) is 6.54 Å². The standard InChI is InChI=1S/C23H22N6O3/c1-31-23-26-18-15(19(24)30)9-5-11-17(18)29(23)22-27-20(16-10-6-12-32-21(16)28-22)25-13-14-7-3-2-4-8-14/h2-5,7-9,11H,6,10,12-13H2,1H3,(H2,24,30)(H,25,27,28). The lowest BCUT2D eigenvalue weighted by Crippen LogP contribution is -2.17. The molecule has 32 heavy (non-hydrogen) atoms. The van der Waals surface area contributed by atoms with Crippen LogP contribution >= 0.6 is 0 Å². The molecule has 0 saturated heterocycles. The number of carbonyl (C=O) groups excluding carboxylic acids is 1. The van der Waals surface area contributed by atoms with E-state index in [1.807, 2.05) is 24.3 Å². The molecule has 9 nitrogen and oxygen atoms in total. The number of ether oxygens (including phenoxy) is 2. The molecule has 4 aromatic rings. The fourth-order valence-electron chi connectivity index (χ4n) is 3.85. The molecule has 2 aromatic heterocycles. The Labute approximate surface area is 184 Å². The van der Waals surface area contributed by atoms with E-state index in [4.69, 9.17) is 20.2 Å². The van der Waals surface area contributed by atoms with Gasteiger partial charge in [-0.25, -0.2) is 4.57 Å². The van der Waals surface area contributed by atoms with Crippen LogP contribution in [0, 0.1) is 0 Å². The fraction of sp³-hybridized carbons (Fsp3) is 0.217. The molecule has 0 unspecified atom stereocenters. The molecule has 1 amide bonds. The van der Waals surface area contributed by atoms with Gasteiger partial charge in [-0.05, 0) is 30.5 Å². The van der Waals surface area contributed by atoms with Crippen molar-refractivity contribution in [3.8, 4) is 17.8 Å². The van der Waals surface area contributed by atoms with E-state index in [0.29, 0.717) is 47.4 Å². The van der Waals surface area contributed by atoms with E-state index >= 15 is 0 Å². The molecular weight excluding hydrogens is 408 g/mol. The zero-order valence-corrected chi connectivity index (χ0v) is 17.5. The van der Waals surface area contributed by atoms with Gasteiger partial charge in [0.25, 0.3) is 5.91 Å². The number of amides is 1. The Bertz CT molecular complexity index is 1300. The third-order valence-electron chi connectivity index (χ3n) is 5.37. The molecule has 0 atom stereocenters. The Kier molecular flexibility index (Phi) is 5.06. The van der Waals surface area contributed by atoms with E-state index in [-0.39, 0.29) is 6.01 Å². The highest BCUT2D eigenvalue weighted by molar-refractivity contribution is 6.04. The maximum atomic E-state index is 11.9. The summed E-state index contributed by atoms with van der Waals surface area (Å²) in [5.41, 5.74) is 8.96. The van der Waals surface area contributed by atoms with E-state index in [0.717, 1.165) is 24.0 Å². The highest BCUT2D eigenvalue weighted by Crippen LogP contribution is 2.33. The van der Waals surface area contributed by atoms with Crippen LogP contribution in [0.2, 0.25) is 0 Å². The highest BCUT2D eigenvalue weighted by Gasteiger charge is 2.24. The summed E-state index contributed by atoms with van der Waals surface area (Å²) in [6.45, 7) is 1.20. The van der Waals surface area contributed by atoms with E-state index in [1.165, 1.54) is 7.11 Å². The number of anilines is 1. The molecule has 5 rings (SSSR count). The number of hydrogen-bond acceptors (Lipinski definition) is 7. The largest absolute Gasteiger partial charge is 0.477 e. The van der Waals surface area contributed by atoms with Crippen molar-refractivity contribution in [1.29, 1.82) is 0 Å². The lowest BCUT2D eigenvalue weighted by Gasteiger charge is -2.21. The van der Waals surface area contributed by atoms with Crippen LogP contribution in [0.4, 0.5) is 5.82 Å². The van der Waals surface area contributed by atoms with Crippen LogP contribution in [0.15, 0.2) is 48.5 Å². The molecule has 3 heterocycles. The smallest absolute Gasteiger partial charge is 0.304 e. The van der Waals surface area contributed by atoms with Crippen LogP contribution in [0.25, 0.3) is 17.0 Å². The average Bonchev–Trinajstić information content (AvgIpc) is 3.21. The summed E-state index contributed by atoms with van der Waals surface area (Å²) in [6.07, 6.45) is 1.72. The molecule has 2 aromatic carbocycles. The van der Waals surface area contributed by atoms with E-state index in [1.54, 1.807) is 16.7 Å². The van der Waals surface area contributed by atoms with Crippen LogP contribution < -0.4 is 20.5 Å². The predicted molar refractivity (Wildman–Crippen MR) is 119 cm³/mol. The molecule has 3 N–H and O–H groups in total. The number of carbonyl (C=O) groups is 1. The summed E-state index contributed by atoms with van der Waals surface area (Å²) < 4.78 is 13.0. The second-order valence-electron chi connectivity index (χ2n) is 7.42. The van der Waals surface area contributed by atoms with Gasteiger partial charge in [0.05, 0.1) is 30.4 Å². The Morgan fingerprint density at radius 3 is 2.78 bits per heavy atom. The minimum atomic E-state index is -0.567. The third-order valence-corrected chi connectivity index (χ3v) is 5.37. The molecule has 0 fully saturated rings.